The van der Waals surface area contributed by atoms with Gasteiger partial charge in [0.15, 0.2) is 5.82 Å². The second-order valence-electron chi connectivity index (χ2n) is 28.9. The molecule has 17 aromatic carbocycles. The van der Waals surface area contributed by atoms with E-state index >= 15 is 0 Å². The van der Waals surface area contributed by atoms with Crippen LogP contribution in [0.15, 0.2) is 437 Å². The molecule has 5 aromatic heterocycles. The van der Waals surface area contributed by atoms with E-state index in [-0.39, 0.29) is 0 Å². The summed E-state index contributed by atoms with van der Waals surface area (Å²) in [5.41, 5.74) is 27.1. The maximum Gasteiger partial charge on any atom is 0.162 e. The molecule has 0 radical (unpaired) electrons. The quantitative estimate of drug-likeness (QED) is 0.109. The largest absolute Gasteiger partial charge is 0.311 e. The third-order valence-electron chi connectivity index (χ3n) is 22.2. The van der Waals surface area contributed by atoms with Crippen LogP contribution in [0, 0.1) is 0 Å². The number of hydrogen-bond acceptors (Lipinski definition) is 4. The van der Waals surface area contributed by atoms with E-state index in [2.05, 4.69) is 441 Å². The summed E-state index contributed by atoms with van der Waals surface area (Å²) in [4.78, 5) is 14.8. The van der Waals surface area contributed by atoms with Crippen LogP contribution in [0.3, 0.4) is 0 Å². The normalized spacial score (nSPS) is 11.5. The smallest absolute Gasteiger partial charge is 0.162 e. The molecular weight excluding hydrogens is 1390 g/mol. The Bertz CT molecular complexity index is 6920. The van der Waals surface area contributed by atoms with E-state index in [1.165, 1.54) is 98.4 Å². The number of hydrogen-bond donors (Lipinski definition) is 0. The van der Waals surface area contributed by atoms with Crippen molar-refractivity contribution < 1.29 is 0 Å². The third-order valence-corrected chi connectivity index (χ3v) is 22.2. The predicted octanol–water partition coefficient (Wildman–Crippen LogP) is 28.2. The van der Waals surface area contributed by atoms with Crippen LogP contribution in [-0.4, -0.2) is 28.2 Å². The van der Waals surface area contributed by atoms with Crippen LogP contribution < -0.4 is 9.80 Å². The first-order valence-corrected chi connectivity index (χ1v) is 38.8. The van der Waals surface area contributed by atoms with Crippen molar-refractivity contribution in [3.8, 4) is 67.8 Å². The van der Waals surface area contributed by atoms with E-state index in [0.29, 0.717) is 5.82 Å². The molecule has 0 fully saturated rings. The first-order valence-electron chi connectivity index (χ1n) is 38.8. The van der Waals surface area contributed by atoms with Crippen LogP contribution in [0.5, 0.6) is 0 Å². The highest BCUT2D eigenvalue weighted by atomic mass is 15.2. The monoisotopic (exact) mass is 1460 g/mol. The van der Waals surface area contributed by atoms with Gasteiger partial charge in [-0.3, -0.25) is 4.57 Å². The van der Waals surface area contributed by atoms with E-state index in [1.54, 1.807) is 0 Å². The van der Waals surface area contributed by atoms with E-state index in [0.717, 1.165) is 84.9 Å². The summed E-state index contributed by atoms with van der Waals surface area (Å²) in [6.07, 6.45) is 0. The highest BCUT2D eigenvalue weighted by Gasteiger charge is 2.23. The number of para-hydroxylation sites is 9. The molecule has 0 amide bonds. The van der Waals surface area contributed by atoms with Crippen LogP contribution in [0.25, 0.3) is 155 Å². The van der Waals surface area contributed by atoms with Gasteiger partial charge >= 0.3 is 0 Å². The van der Waals surface area contributed by atoms with Crippen molar-refractivity contribution in [2.45, 2.75) is 0 Å². The highest BCUT2D eigenvalue weighted by Crippen LogP contribution is 2.44. The summed E-state index contributed by atoms with van der Waals surface area (Å²) >= 11 is 0. The van der Waals surface area contributed by atoms with Crippen molar-refractivity contribution in [2.75, 3.05) is 9.80 Å². The molecule has 0 atom stereocenters. The lowest BCUT2D eigenvalue weighted by Gasteiger charge is -2.25. The third kappa shape index (κ3) is 11.9. The Balaban J connectivity index is 0.000000148. The zero-order chi connectivity index (χ0) is 75.4. The minimum absolute atomic E-state index is 0.701. The van der Waals surface area contributed by atoms with Crippen molar-refractivity contribution in [1.82, 2.24) is 28.2 Å². The zero-order valence-corrected chi connectivity index (χ0v) is 62.1. The molecule has 0 aliphatic carbocycles. The van der Waals surface area contributed by atoms with Gasteiger partial charge in [-0.15, -0.1) is 0 Å². The SMILES string of the molecule is c1ccc(-c2cc(-n3c4ccccc4c4cc(-c5ccc6c(c5)c5ccccc5n6-c5ccccc5)ccc43)nc(-c3ccccc3)n2)cc1.c1ccc(N(c2ccccc2)c2ccc(-n3c4ccccc4c4cc(-c5ccc6c(c5)c5ccccc5n6-c5ccc(N(c6ccccc6)c6ccccc6)cc5)ccc43)cc2)cc1. The molecule has 0 unspecified atom stereocenters. The molecule has 8 nitrogen and oxygen atoms in total. The number of nitrogens with zero attached hydrogens (tertiary/aromatic N) is 8. The summed E-state index contributed by atoms with van der Waals surface area (Å²) in [6.45, 7) is 0. The fourth-order valence-corrected chi connectivity index (χ4v) is 17.0. The Morgan fingerprint density at radius 3 is 0.763 bits per heavy atom. The van der Waals surface area contributed by atoms with Gasteiger partial charge in [-0.1, -0.05) is 249 Å². The van der Waals surface area contributed by atoms with Crippen molar-refractivity contribution in [2.24, 2.45) is 0 Å². The molecule has 0 spiro atoms. The van der Waals surface area contributed by atoms with E-state index in [1.807, 2.05) is 24.3 Å². The van der Waals surface area contributed by atoms with Crippen LogP contribution >= 0.6 is 0 Å². The van der Waals surface area contributed by atoms with Gasteiger partial charge in [-0.25, -0.2) is 9.97 Å². The topological polar surface area (TPSA) is 52.0 Å². The van der Waals surface area contributed by atoms with Crippen molar-refractivity contribution in [3.63, 3.8) is 0 Å². The first kappa shape index (κ1) is 66.8. The first-order chi connectivity index (χ1) is 56.6. The fraction of sp³-hybridized carbons (Fsp3) is 0. The van der Waals surface area contributed by atoms with Crippen LogP contribution in [-0.2, 0) is 0 Å². The van der Waals surface area contributed by atoms with Crippen LogP contribution in [0.2, 0.25) is 0 Å². The molecule has 114 heavy (non-hydrogen) atoms. The van der Waals surface area contributed by atoms with Gasteiger partial charge in [0.2, 0.25) is 0 Å². The Labute approximate surface area is 659 Å². The average Bonchev–Trinajstić information content (AvgIpc) is 1.52. The molecule has 22 aromatic rings. The Kier molecular flexibility index (Phi) is 16.7. The van der Waals surface area contributed by atoms with Gasteiger partial charge in [0.25, 0.3) is 0 Å². The van der Waals surface area contributed by atoms with Crippen molar-refractivity contribution >= 4 is 121 Å². The minimum atomic E-state index is 0.701. The lowest BCUT2D eigenvalue weighted by molar-refractivity contribution is 1.05. The Morgan fingerprint density at radius 1 is 0.167 bits per heavy atom. The standard InChI is InChI=1S/C60H42N4.C46H30N4/c1-5-17-45(18-6-1)61(46-19-7-2-8-20-46)49-31-35-51(36-32-49)63-57-27-15-13-25-53(57)55-41-43(29-39-59(55)63)44-30-40-60-56(42-44)54-26-14-16-28-58(54)64(60)52-37-33-50(34-38-52)62(47-21-9-3-10-22-47)48-23-11-4-12-24-48;1-4-14-31(15-5-1)40-30-45(48-46(47-40)32-16-6-2-7-17-32)50-42-23-13-11-21-37(42)39-29-34(25-27-44(39)50)33-24-26-43-38(28-33)36-20-10-12-22-41(36)49(43)35-18-8-3-9-19-35/h1-42H;1-30H. The molecule has 0 bridgehead atoms. The van der Waals surface area contributed by atoms with Gasteiger partial charge in [-0.05, 0) is 204 Å². The van der Waals surface area contributed by atoms with Crippen LogP contribution in [0.4, 0.5) is 34.1 Å². The molecule has 0 N–H and O–H groups in total. The summed E-state index contributed by atoms with van der Waals surface area (Å²) < 4.78 is 9.44. The highest BCUT2D eigenvalue weighted by molar-refractivity contribution is 6.15. The molecular formula is C106H72N8. The van der Waals surface area contributed by atoms with Crippen molar-refractivity contribution in [3.05, 3.63) is 437 Å². The molecule has 0 saturated carbocycles. The van der Waals surface area contributed by atoms with Gasteiger partial charge < -0.3 is 23.5 Å². The molecule has 8 heteroatoms. The van der Waals surface area contributed by atoms with Gasteiger partial charge in [-0.2, -0.15) is 0 Å². The lowest BCUT2D eigenvalue weighted by atomic mass is 10.0. The minimum Gasteiger partial charge on any atom is -0.311 e. The van der Waals surface area contributed by atoms with Gasteiger partial charge in [0.1, 0.15) is 5.82 Å². The van der Waals surface area contributed by atoms with Gasteiger partial charge in [0, 0.05) is 111 Å². The maximum absolute atomic E-state index is 5.19. The molecule has 536 valence electrons. The number of aromatic nitrogens is 6. The Hall–Kier alpha value is -15.4. The number of rotatable bonds is 14. The summed E-state index contributed by atoms with van der Waals surface area (Å²) in [5, 5.41) is 9.80. The summed E-state index contributed by atoms with van der Waals surface area (Å²) in [6, 6.07) is 156. The molecule has 0 saturated heterocycles. The number of anilines is 6. The Morgan fingerprint density at radius 2 is 0.421 bits per heavy atom. The van der Waals surface area contributed by atoms with E-state index in [9.17, 15) is 0 Å². The summed E-state index contributed by atoms with van der Waals surface area (Å²) in [7, 11) is 0. The van der Waals surface area contributed by atoms with E-state index in [4.69, 9.17) is 9.97 Å². The van der Waals surface area contributed by atoms with Gasteiger partial charge in [0.05, 0.1) is 49.8 Å². The second kappa shape index (κ2) is 28.6. The predicted molar refractivity (Wildman–Crippen MR) is 477 cm³/mol. The van der Waals surface area contributed by atoms with Crippen LogP contribution in [0.1, 0.15) is 0 Å². The molecule has 5 heterocycles. The summed E-state index contributed by atoms with van der Waals surface area (Å²) in [5.74, 6) is 1.54. The fourth-order valence-electron chi connectivity index (χ4n) is 17.0. The maximum atomic E-state index is 5.19. The number of fused-ring (bicyclic) bond motifs is 12. The average molecular weight is 1460 g/mol. The van der Waals surface area contributed by atoms with E-state index < -0.39 is 0 Å². The molecule has 0 aliphatic rings. The zero-order valence-electron chi connectivity index (χ0n) is 62.1. The molecule has 0 aliphatic heterocycles. The second-order valence-corrected chi connectivity index (χ2v) is 28.9. The lowest BCUT2D eigenvalue weighted by Crippen LogP contribution is -2.09. The molecule has 22 rings (SSSR count). The van der Waals surface area contributed by atoms with Crippen molar-refractivity contribution in [1.29, 1.82) is 0 Å². The number of benzene rings is 17.